The summed E-state index contributed by atoms with van der Waals surface area (Å²) in [6.45, 7) is 8.29. The zero-order chi connectivity index (χ0) is 12.1. The van der Waals surface area contributed by atoms with Crippen molar-refractivity contribution < 1.29 is 0 Å². The molecule has 0 heterocycles. The Bertz CT molecular complexity index is 371. The standard InChI is InChI=1S/C13H21N3/c1-4-8-16(5-2)12-9-10(3)6-7-11(12)13(14)15/h6-7,9H,4-5,8H2,1-3H3,(H3,14,15). The van der Waals surface area contributed by atoms with Crippen LogP contribution < -0.4 is 10.6 Å². The minimum Gasteiger partial charge on any atom is -0.384 e. The summed E-state index contributed by atoms with van der Waals surface area (Å²) in [6.07, 6.45) is 1.10. The van der Waals surface area contributed by atoms with E-state index in [1.54, 1.807) is 0 Å². The highest BCUT2D eigenvalue weighted by molar-refractivity contribution is 6.00. The van der Waals surface area contributed by atoms with E-state index in [1.807, 2.05) is 12.1 Å². The smallest absolute Gasteiger partial charge is 0.124 e. The monoisotopic (exact) mass is 219 g/mol. The third-order valence-corrected chi connectivity index (χ3v) is 2.66. The van der Waals surface area contributed by atoms with Gasteiger partial charge in [-0.15, -0.1) is 0 Å². The molecular weight excluding hydrogens is 198 g/mol. The molecule has 16 heavy (non-hydrogen) atoms. The van der Waals surface area contributed by atoms with Crippen molar-refractivity contribution in [2.45, 2.75) is 27.2 Å². The van der Waals surface area contributed by atoms with Gasteiger partial charge in [-0.3, -0.25) is 5.41 Å². The molecule has 0 fully saturated rings. The van der Waals surface area contributed by atoms with Crippen molar-refractivity contribution in [2.24, 2.45) is 5.73 Å². The number of benzene rings is 1. The van der Waals surface area contributed by atoms with Crippen LogP contribution in [0.4, 0.5) is 5.69 Å². The largest absolute Gasteiger partial charge is 0.384 e. The topological polar surface area (TPSA) is 53.1 Å². The lowest BCUT2D eigenvalue weighted by Gasteiger charge is -2.25. The van der Waals surface area contributed by atoms with E-state index in [0.717, 1.165) is 30.8 Å². The summed E-state index contributed by atoms with van der Waals surface area (Å²) in [7, 11) is 0. The van der Waals surface area contributed by atoms with Crippen molar-refractivity contribution in [3.05, 3.63) is 29.3 Å². The van der Waals surface area contributed by atoms with E-state index in [1.165, 1.54) is 5.56 Å². The molecule has 0 saturated carbocycles. The second kappa shape index (κ2) is 5.54. The Morgan fingerprint density at radius 3 is 2.56 bits per heavy atom. The van der Waals surface area contributed by atoms with Gasteiger partial charge in [0.25, 0.3) is 0 Å². The molecule has 3 heteroatoms. The Morgan fingerprint density at radius 2 is 2.06 bits per heavy atom. The fourth-order valence-corrected chi connectivity index (χ4v) is 1.85. The van der Waals surface area contributed by atoms with E-state index in [4.69, 9.17) is 11.1 Å². The van der Waals surface area contributed by atoms with Crippen LogP contribution in [-0.4, -0.2) is 18.9 Å². The third kappa shape index (κ3) is 2.75. The van der Waals surface area contributed by atoms with Crippen molar-refractivity contribution in [3.8, 4) is 0 Å². The molecule has 0 aliphatic carbocycles. The average Bonchev–Trinajstić information content (AvgIpc) is 2.25. The number of hydrogen-bond donors (Lipinski definition) is 2. The highest BCUT2D eigenvalue weighted by atomic mass is 15.1. The summed E-state index contributed by atoms with van der Waals surface area (Å²) < 4.78 is 0. The number of nitrogen functional groups attached to an aromatic ring is 1. The summed E-state index contributed by atoms with van der Waals surface area (Å²) in [4.78, 5) is 2.27. The Balaban J connectivity index is 3.16. The lowest BCUT2D eigenvalue weighted by Crippen LogP contribution is -2.27. The van der Waals surface area contributed by atoms with Gasteiger partial charge in [-0.25, -0.2) is 0 Å². The van der Waals surface area contributed by atoms with Gasteiger partial charge in [-0.1, -0.05) is 13.0 Å². The maximum absolute atomic E-state index is 7.60. The maximum atomic E-state index is 7.60. The zero-order valence-electron chi connectivity index (χ0n) is 10.4. The molecule has 0 aliphatic rings. The molecular formula is C13H21N3. The zero-order valence-corrected chi connectivity index (χ0v) is 10.4. The van der Waals surface area contributed by atoms with Crippen LogP contribution in [0, 0.1) is 12.3 Å². The predicted octanol–water partition coefficient (Wildman–Crippen LogP) is 2.52. The Kier molecular flexibility index (Phi) is 4.35. The summed E-state index contributed by atoms with van der Waals surface area (Å²) in [5.41, 5.74) is 8.73. The van der Waals surface area contributed by atoms with Crippen LogP contribution in [0.5, 0.6) is 0 Å². The molecule has 88 valence electrons. The summed E-state index contributed by atoms with van der Waals surface area (Å²) in [6, 6.07) is 6.04. The van der Waals surface area contributed by atoms with Crippen LogP contribution >= 0.6 is 0 Å². The second-order valence-corrected chi connectivity index (χ2v) is 4.01. The minimum absolute atomic E-state index is 0.143. The first-order chi connectivity index (χ1) is 7.60. The fourth-order valence-electron chi connectivity index (χ4n) is 1.85. The van der Waals surface area contributed by atoms with E-state index in [0.29, 0.717) is 0 Å². The molecule has 3 N–H and O–H groups in total. The van der Waals surface area contributed by atoms with Gasteiger partial charge in [0.05, 0.1) is 0 Å². The first-order valence-electron chi connectivity index (χ1n) is 5.80. The Morgan fingerprint density at radius 1 is 1.38 bits per heavy atom. The minimum atomic E-state index is 0.143. The third-order valence-electron chi connectivity index (χ3n) is 2.66. The lowest BCUT2D eigenvalue weighted by molar-refractivity contribution is 0.790. The number of amidine groups is 1. The molecule has 0 unspecified atom stereocenters. The Labute approximate surface area is 97.8 Å². The highest BCUT2D eigenvalue weighted by Crippen LogP contribution is 2.22. The normalized spacial score (nSPS) is 10.2. The summed E-state index contributed by atoms with van der Waals surface area (Å²) in [5, 5.41) is 7.60. The number of hydrogen-bond acceptors (Lipinski definition) is 2. The van der Waals surface area contributed by atoms with Crippen LogP contribution in [0.1, 0.15) is 31.4 Å². The number of nitrogens with one attached hydrogen (secondary N) is 1. The van der Waals surface area contributed by atoms with Crippen molar-refractivity contribution in [3.63, 3.8) is 0 Å². The Hall–Kier alpha value is -1.51. The van der Waals surface area contributed by atoms with Crippen LogP contribution in [0.15, 0.2) is 18.2 Å². The van der Waals surface area contributed by atoms with Crippen molar-refractivity contribution in [2.75, 3.05) is 18.0 Å². The van der Waals surface area contributed by atoms with E-state index < -0.39 is 0 Å². The molecule has 0 aliphatic heterocycles. The molecule has 3 nitrogen and oxygen atoms in total. The molecule has 0 bridgehead atoms. The van der Waals surface area contributed by atoms with Crippen LogP contribution in [0.2, 0.25) is 0 Å². The quantitative estimate of drug-likeness (QED) is 0.590. The van der Waals surface area contributed by atoms with Crippen LogP contribution in [0.3, 0.4) is 0 Å². The van der Waals surface area contributed by atoms with Gasteiger partial charge in [0, 0.05) is 24.3 Å². The fraction of sp³-hybridized carbons (Fsp3) is 0.462. The van der Waals surface area contributed by atoms with E-state index >= 15 is 0 Å². The van der Waals surface area contributed by atoms with Gasteiger partial charge in [-0.05, 0) is 38.0 Å². The average molecular weight is 219 g/mol. The molecule has 1 aromatic carbocycles. The van der Waals surface area contributed by atoms with Crippen molar-refractivity contribution in [1.29, 1.82) is 5.41 Å². The van der Waals surface area contributed by atoms with Crippen molar-refractivity contribution in [1.82, 2.24) is 0 Å². The van der Waals surface area contributed by atoms with Gasteiger partial charge in [-0.2, -0.15) is 0 Å². The van der Waals surface area contributed by atoms with Crippen LogP contribution in [-0.2, 0) is 0 Å². The predicted molar refractivity (Wildman–Crippen MR) is 70.4 cm³/mol. The molecule has 0 aromatic heterocycles. The molecule has 1 aromatic rings. The SMILES string of the molecule is CCCN(CC)c1cc(C)ccc1C(=N)N. The molecule has 1 rings (SSSR count). The molecule has 0 saturated heterocycles. The van der Waals surface area contributed by atoms with Gasteiger partial charge >= 0.3 is 0 Å². The van der Waals surface area contributed by atoms with Gasteiger partial charge in [0.2, 0.25) is 0 Å². The number of rotatable bonds is 5. The van der Waals surface area contributed by atoms with E-state index in [2.05, 4.69) is 31.7 Å². The van der Waals surface area contributed by atoms with Crippen LogP contribution in [0.25, 0.3) is 0 Å². The number of nitrogens with zero attached hydrogens (tertiary/aromatic N) is 1. The first kappa shape index (κ1) is 12.6. The first-order valence-corrected chi connectivity index (χ1v) is 5.80. The van der Waals surface area contributed by atoms with Crippen molar-refractivity contribution >= 4 is 11.5 Å². The number of nitrogens with two attached hydrogens (primary N) is 1. The molecule has 0 spiro atoms. The summed E-state index contributed by atoms with van der Waals surface area (Å²) >= 11 is 0. The maximum Gasteiger partial charge on any atom is 0.124 e. The molecule has 0 amide bonds. The van der Waals surface area contributed by atoms with Gasteiger partial charge < -0.3 is 10.6 Å². The molecule has 0 radical (unpaired) electrons. The summed E-state index contributed by atoms with van der Waals surface area (Å²) in [5.74, 6) is 0.143. The van der Waals surface area contributed by atoms with E-state index in [-0.39, 0.29) is 5.84 Å². The van der Waals surface area contributed by atoms with E-state index in [9.17, 15) is 0 Å². The van der Waals surface area contributed by atoms with Gasteiger partial charge in [0.1, 0.15) is 5.84 Å². The number of anilines is 1. The molecule has 0 atom stereocenters. The second-order valence-electron chi connectivity index (χ2n) is 4.01. The number of aryl methyl sites for hydroxylation is 1. The highest BCUT2D eigenvalue weighted by Gasteiger charge is 2.11. The van der Waals surface area contributed by atoms with Gasteiger partial charge in [0.15, 0.2) is 0 Å². The lowest BCUT2D eigenvalue weighted by atomic mass is 10.1.